The minimum atomic E-state index is -0.356. The SMILES string of the molecule is COc1cc(C=NNC(=O)CCC(=O)Nc2ccccc2C)cc(Br)c1OCc1ccccc1. The molecule has 3 aromatic carbocycles. The second-order valence-electron chi connectivity index (χ2n) is 7.46. The van der Waals surface area contributed by atoms with Crippen molar-refractivity contribution in [3.05, 3.63) is 87.9 Å². The smallest absolute Gasteiger partial charge is 0.240 e. The Bertz CT molecular complexity index is 1170. The number of hydrazone groups is 1. The first-order valence-corrected chi connectivity index (χ1v) is 11.5. The first-order chi connectivity index (χ1) is 16.5. The summed E-state index contributed by atoms with van der Waals surface area (Å²) in [6.07, 6.45) is 1.58. The summed E-state index contributed by atoms with van der Waals surface area (Å²) in [5.74, 6) is 0.524. The largest absolute Gasteiger partial charge is 0.493 e. The molecule has 0 radical (unpaired) electrons. The number of amides is 2. The molecule has 0 fully saturated rings. The van der Waals surface area contributed by atoms with Crippen LogP contribution in [0, 0.1) is 6.92 Å². The maximum absolute atomic E-state index is 12.1. The van der Waals surface area contributed by atoms with Crippen LogP contribution in [0.1, 0.15) is 29.5 Å². The van der Waals surface area contributed by atoms with Crippen molar-refractivity contribution in [1.29, 1.82) is 0 Å². The molecule has 0 atom stereocenters. The van der Waals surface area contributed by atoms with E-state index in [2.05, 4.69) is 31.8 Å². The highest BCUT2D eigenvalue weighted by Crippen LogP contribution is 2.36. The van der Waals surface area contributed by atoms with E-state index in [1.807, 2.05) is 67.6 Å². The number of carbonyl (C=O) groups is 2. The number of hydrogen-bond donors (Lipinski definition) is 2. The minimum absolute atomic E-state index is 0.0222. The highest BCUT2D eigenvalue weighted by atomic mass is 79.9. The van der Waals surface area contributed by atoms with Crippen molar-refractivity contribution in [3.8, 4) is 11.5 Å². The van der Waals surface area contributed by atoms with Crippen LogP contribution >= 0.6 is 15.9 Å². The van der Waals surface area contributed by atoms with E-state index < -0.39 is 0 Å². The van der Waals surface area contributed by atoms with Gasteiger partial charge in [-0.3, -0.25) is 9.59 Å². The molecule has 3 aromatic rings. The fraction of sp³-hybridized carbons (Fsp3) is 0.192. The van der Waals surface area contributed by atoms with Crippen LogP contribution in [0.4, 0.5) is 5.69 Å². The second kappa shape index (κ2) is 12.6. The van der Waals surface area contributed by atoms with Crippen LogP contribution in [0.5, 0.6) is 11.5 Å². The lowest BCUT2D eigenvalue weighted by atomic mass is 10.2. The summed E-state index contributed by atoms with van der Waals surface area (Å²) in [5, 5.41) is 6.79. The van der Waals surface area contributed by atoms with Crippen molar-refractivity contribution >= 4 is 39.6 Å². The lowest BCUT2D eigenvalue weighted by Gasteiger charge is -2.13. The molecule has 0 unspecified atom stereocenters. The molecule has 0 heterocycles. The zero-order valence-corrected chi connectivity index (χ0v) is 20.6. The van der Waals surface area contributed by atoms with Crippen LogP contribution < -0.4 is 20.2 Å². The quantitative estimate of drug-likeness (QED) is 0.282. The van der Waals surface area contributed by atoms with E-state index in [4.69, 9.17) is 9.47 Å². The molecule has 0 spiro atoms. The van der Waals surface area contributed by atoms with E-state index in [1.54, 1.807) is 13.2 Å². The van der Waals surface area contributed by atoms with Crippen molar-refractivity contribution in [1.82, 2.24) is 5.43 Å². The maximum atomic E-state index is 12.1. The van der Waals surface area contributed by atoms with Gasteiger partial charge >= 0.3 is 0 Å². The van der Waals surface area contributed by atoms with Crippen LogP contribution in [0.25, 0.3) is 0 Å². The van der Waals surface area contributed by atoms with E-state index in [0.29, 0.717) is 28.1 Å². The molecule has 2 N–H and O–H groups in total. The van der Waals surface area contributed by atoms with Crippen LogP contribution in [0.2, 0.25) is 0 Å². The Morgan fingerprint density at radius 2 is 1.71 bits per heavy atom. The number of halogens is 1. The van der Waals surface area contributed by atoms with Gasteiger partial charge in [0.15, 0.2) is 11.5 Å². The molecule has 176 valence electrons. The Morgan fingerprint density at radius 3 is 2.44 bits per heavy atom. The standard InChI is InChI=1S/C26H26BrN3O4/c1-18-8-6-7-11-22(18)29-24(31)12-13-25(32)30-28-16-20-14-21(27)26(23(15-20)33-2)34-17-19-9-4-3-5-10-19/h3-11,14-16H,12-13,17H2,1-2H3,(H,29,31)(H,30,32). The van der Waals surface area contributed by atoms with Gasteiger partial charge in [0.1, 0.15) is 6.61 Å². The molecule has 2 amide bonds. The van der Waals surface area contributed by atoms with Crippen LogP contribution in [-0.4, -0.2) is 25.1 Å². The van der Waals surface area contributed by atoms with Gasteiger partial charge in [-0.1, -0.05) is 48.5 Å². The zero-order valence-electron chi connectivity index (χ0n) is 19.0. The highest BCUT2D eigenvalue weighted by Gasteiger charge is 2.12. The molecule has 3 rings (SSSR count). The molecule has 0 aliphatic rings. The Kier molecular flexibility index (Phi) is 9.22. The van der Waals surface area contributed by atoms with Crippen molar-refractivity contribution in [2.75, 3.05) is 12.4 Å². The number of carbonyl (C=O) groups excluding carboxylic acids is 2. The van der Waals surface area contributed by atoms with E-state index >= 15 is 0 Å². The van der Waals surface area contributed by atoms with E-state index in [0.717, 1.165) is 16.8 Å². The maximum Gasteiger partial charge on any atom is 0.240 e. The average Bonchev–Trinajstić information content (AvgIpc) is 2.84. The number of benzene rings is 3. The molecule has 0 aromatic heterocycles. The van der Waals surface area contributed by atoms with E-state index in [-0.39, 0.29) is 24.7 Å². The molecular weight excluding hydrogens is 498 g/mol. The third kappa shape index (κ3) is 7.45. The van der Waals surface area contributed by atoms with Gasteiger partial charge in [-0.25, -0.2) is 5.43 Å². The fourth-order valence-electron chi connectivity index (χ4n) is 3.07. The Morgan fingerprint density at radius 1 is 1.00 bits per heavy atom. The van der Waals surface area contributed by atoms with E-state index in [1.165, 1.54) is 6.21 Å². The van der Waals surface area contributed by atoms with Crippen LogP contribution in [0.3, 0.4) is 0 Å². The summed E-state index contributed by atoms with van der Waals surface area (Å²) in [5.41, 5.74) is 5.88. The topological polar surface area (TPSA) is 89.0 Å². The summed E-state index contributed by atoms with van der Waals surface area (Å²) in [6.45, 7) is 2.31. The Labute approximate surface area is 207 Å². The Hall–Kier alpha value is -3.65. The zero-order chi connectivity index (χ0) is 24.3. The lowest BCUT2D eigenvalue weighted by molar-refractivity contribution is -0.124. The average molecular weight is 524 g/mol. The second-order valence-corrected chi connectivity index (χ2v) is 8.32. The summed E-state index contributed by atoms with van der Waals surface area (Å²) in [7, 11) is 1.56. The van der Waals surface area contributed by atoms with Gasteiger partial charge in [0.2, 0.25) is 11.8 Å². The summed E-state index contributed by atoms with van der Waals surface area (Å²) < 4.78 is 12.1. The number of para-hydroxylation sites is 1. The number of anilines is 1. The summed E-state index contributed by atoms with van der Waals surface area (Å²) >= 11 is 3.51. The third-order valence-electron chi connectivity index (χ3n) is 4.88. The van der Waals surface area contributed by atoms with Gasteiger partial charge in [0.25, 0.3) is 0 Å². The number of rotatable bonds is 10. The lowest BCUT2D eigenvalue weighted by Crippen LogP contribution is -2.20. The predicted octanol–water partition coefficient (Wildman–Crippen LogP) is 5.21. The summed E-state index contributed by atoms with van der Waals surface area (Å²) in [4.78, 5) is 24.2. The van der Waals surface area contributed by atoms with Gasteiger partial charge in [0.05, 0.1) is 17.8 Å². The van der Waals surface area contributed by atoms with Gasteiger partial charge in [-0.05, 0) is 57.7 Å². The van der Waals surface area contributed by atoms with Crippen molar-refractivity contribution in [3.63, 3.8) is 0 Å². The molecule has 0 aliphatic heterocycles. The molecule has 8 heteroatoms. The molecule has 0 aliphatic carbocycles. The Balaban J connectivity index is 1.51. The van der Waals surface area contributed by atoms with Crippen molar-refractivity contribution in [2.45, 2.75) is 26.4 Å². The van der Waals surface area contributed by atoms with Gasteiger partial charge < -0.3 is 14.8 Å². The number of nitrogens with zero attached hydrogens (tertiary/aromatic N) is 1. The molecule has 0 saturated heterocycles. The molecule has 0 bridgehead atoms. The minimum Gasteiger partial charge on any atom is -0.493 e. The summed E-state index contributed by atoms with van der Waals surface area (Å²) in [6, 6.07) is 20.9. The monoisotopic (exact) mass is 523 g/mol. The molecule has 34 heavy (non-hydrogen) atoms. The molecule has 0 saturated carbocycles. The predicted molar refractivity (Wildman–Crippen MR) is 136 cm³/mol. The van der Waals surface area contributed by atoms with Crippen LogP contribution in [0.15, 0.2) is 76.3 Å². The first kappa shape index (κ1) is 25.0. The number of ether oxygens (including phenoxy) is 2. The number of hydrogen-bond acceptors (Lipinski definition) is 5. The van der Waals surface area contributed by atoms with Gasteiger partial charge in [-0.2, -0.15) is 5.10 Å². The molecule has 7 nitrogen and oxygen atoms in total. The van der Waals surface area contributed by atoms with Gasteiger partial charge in [-0.15, -0.1) is 0 Å². The van der Waals surface area contributed by atoms with Crippen LogP contribution in [-0.2, 0) is 16.2 Å². The number of methoxy groups -OCH3 is 1. The van der Waals surface area contributed by atoms with Crippen molar-refractivity contribution in [2.24, 2.45) is 5.10 Å². The fourth-order valence-corrected chi connectivity index (χ4v) is 3.65. The van der Waals surface area contributed by atoms with E-state index in [9.17, 15) is 9.59 Å². The number of aryl methyl sites for hydroxylation is 1. The highest BCUT2D eigenvalue weighted by molar-refractivity contribution is 9.10. The molecular formula is C26H26BrN3O4. The van der Waals surface area contributed by atoms with Crippen molar-refractivity contribution < 1.29 is 19.1 Å². The third-order valence-corrected chi connectivity index (χ3v) is 5.47. The first-order valence-electron chi connectivity index (χ1n) is 10.7. The van der Waals surface area contributed by atoms with Gasteiger partial charge in [0, 0.05) is 18.5 Å². The normalized spacial score (nSPS) is 10.7. The number of nitrogens with one attached hydrogen (secondary N) is 2.